The summed E-state index contributed by atoms with van der Waals surface area (Å²) in [5.74, 6) is 1.30. The maximum Gasteiger partial charge on any atom is 0.291 e. The van der Waals surface area contributed by atoms with E-state index in [0.717, 1.165) is 30.7 Å². The van der Waals surface area contributed by atoms with Crippen molar-refractivity contribution in [3.63, 3.8) is 0 Å². The summed E-state index contributed by atoms with van der Waals surface area (Å²) in [6.45, 7) is 6.15. The number of hydrogen-bond acceptors (Lipinski definition) is 5. The van der Waals surface area contributed by atoms with E-state index in [1.807, 2.05) is 16.7 Å². The molecule has 0 aromatic carbocycles. The SMILES string of the molecule is CCCCc1nn(CC(=O)N(C)c2ccncn2)c(=O)c2cc(C(C)C)cn12. The number of unbranched alkanes of at least 4 members (excludes halogenated alkanes) is 1. The van der Waals surface area contributed by atoms with Crippen LogP contribution < -0.4 is 10.5 Å². The Morgan fingerprint density at radius 2 is 2.11 bits per heavy atom. The van der Waals surface area contributed by atoms with Crippen LogP contribution in [0.5, 0.6) is 0 Å². The molecule has 0 aliphatic heterocycles. The Labute approximate surface area is 163 Å². The maximum atomic E-state index is 13.0. The molecule has 1 amide bonds. The van der Waals surface area contributed by atoms with Gasteiger partial charge in [0.05, 0.1) is 0 Å². The predicted molar refractivity (Wildman–Crippen MR) is 108 cm³/mol. The van der Waals surface area contributed by atoms with E-state index in [4.69, 9.17) is 0 Å². The quantitative estimate of drug-likeness (QED) is 0.626. The smallest absolute Gasteiger partial charge is 0.291 e. The van der Waals surface area contributed by atoms with E-state index in [9.17, 15) is 9.59 Å². The molecule has 0 aliphatic carbocycles. The monoisotopic (exact) mass is 382 g/mol. The lowest BCUT2D eigenvalue weighted by Gasteiger charge is -2.16. The third-order valence-corrected chi connectivity index (χ3v) is 4.80. The number of anilines is 1. The average molecular weight is 382 g/mol. The van der Waals surface area contributed by atoms with Crippen molar-refractivity contribution in [1.29, 1.82) is 0 Å². The molecule has 0 aliphatic rings. The normalized spacial score (nSPS) is 11.3. The van der Waals surface area contributed by atoms with Gasteiger partial charge in [0.1, 0.15) is 30.0 Å². The zero-order chi connectivity index (χ0) is 20.3. The molecule has 0 atom stereocenters. The van der Waals surface area contributed by atoms with Gasteiger partial charge in [-0.3, -0.25) is 18.9 Å². The summed E-state index contributed by atoms with van der Waals surface area (Å²) in [4.78, 5) is 35.0. The molecule has 0 bridgehead atoms. The summed E-state index contributed by atoms with van der Waals surface area (Å²) < 4.78 is 3.15. The Kier molecular flexibility index (Phi) is 5.87. The minimum atomic E-state index is -0.269. The van der Waals surface area contributed by atoms with Crippen LogP contribution in [0.15, 0.2) is 35.6 Å². The molecule has 3 aromatic rings. The molecule has 0 saturated carbocycles. The Morgan fingerprint density at radius 3 is 2.75 bits per heavy atom. The van der Waals surface area contributed by atoms with Crippen molar-refractivity contribution in [3.8, 4) is 0 Å². The van der Waals surface area contributed by atoms with Crippen LogP contribution >= 0.6 is 0 Å². The average Bonchev–Trinajstić information content (AvgIpc) is 3.15. The summed E-state index contributed by atoms with van der Waals surface area (Å²) in [6, 6.07) is 3.55. The third-order valence-electron chi connectivity index (χ3n) is 4.80. The van der Waals surface area contributed by atoms with Gasteiger partial charge in [0.25, 0.3) is 5.56 Å². The van der Waals surface area contributed by atoms with E-state index in [1.165, 1.54) is 15.9 Å². The highest BCUT2D eigenvalue weighted by molar-refractivity contribution is 5.91. The largest absolute Gasteiger partial charge is 0.298 e. The van der Waals surface area contributed by atoms with E-state index in [2.05, 4.69) is 35.8 Å². The lowest BCUT2D eigenvalue weighted by molar-refractivity contribution is -0.119. The number of nitrogens with zero attached hydrogens (tertiary/aromatic N) is 6. The molecule has 0 radical (unpaired) electrons. The molecule has 0 fully saturated rings. The standard InChI is InChI=1S/C20H26N6O2/c1-5-6-7-18-23-26(12-19(27)24(4)17-8-9-21-13-22-17)20(28)16-10-15(14(2)3)11-25(16)18/h8-11,13-14H,5-7,12H2,1-4H3. The van der Waals surface area contributed by atoms with Gasteiger partial charge in [-0.1, -0.05) is 27.2 Å². The number of carbonyl (C=O) groups excluding carboxylic acids is 1. The van der Waals surface area contributed by atoms with Crippen molar-refractivity contribution in [1.82, 2.24) is 24.1 Å². The molecular formula is C20H26N6O2. The summed E-state index contributed by atoms with van der Waals surface area (Å²) in [7, 11) is 1.63. The van der Waals surface area contributed by atoms with Gasteiger partial charge in [0, 0.05) is 25.9 Å². The van der Waals surface area contributed by atoms with Gasteiger partial charge < -0.3 is 0 Å². The fourth-order valence-corrected chi connectivity index (χ4v) is 3.00. The van der Waals surface area contributed by atoms with Gasteiger partial charge in [0.2, 0.25) is 5.91 Å². The topological polar surface area (TPSA) is 85.4 Å². The van der Waals surface area contributed by atoms with Crippen molar-refractivity contribution in [2.75, 3.05) is 11.9 Å². The van der Waals surface area contributed by atoms with Crippen LogP contribution in [-0.4, -0.2) is 37.1 Å². The molecule has 28 heavy (non-hydrogen) atoms. The van der Waals surface area contributed by atoms with Gasteiger partial charge in [-0.05, 0) is 30.0 Å². The van der Waals surface area contributed by atoms with Crippen LogP contribution in [-0.2, 0) is 17.8 Å². The molecule has 3 heterocycles. The third kappa shape index (κ3) is 3.95. The van der Waals surface area contributed by atoms with Gasteiger partial charge in [-0.15, -0.1) is 0 Å². The van der Waals surface area contributed by atoms with Crippen LogP contribution in [0.2, 0.25) is 0 Å². The fourth-order valence-electron chi connectivity index (χ4n) is 3.00. The highest BCUT2D eigenvalue weighted by atomic mass is 16.2. The Bertz CT molecular complexity index is 1020. The number of aryl methyl sites for hydroxylation is 1. The molecule has 0 N–H and O–H groups in total. The van der Waals surface area contributed by atoms with Gasteiger partial charge >= 0.3 is 0 Å². The summed E-state index contributed by atoms with van der Waals surface area (Å²) in [5, 5.41) is 4.51. The number of hydrogen-bond donors (Lipinski definition) is 0. The Balaban J connectivity index is 1.99. The lowest BCUT2D eigenvalue weighted by Crippen LogP contribution is -2.36. The first-order valence-corrected chi connectivity index (χ1v) is 9.57. The number of likely N-dealkylation sites (N-methyl/N-ethyl adjacent to an activating group) is 1. The molecule has 8 nitrogen and oxygen atoms in total. The number of fused-ring (bicyclic) bond motifs is 1. The van der Waals surface area contributed by atoms with Crippen molar-refractivity contribution in [3.05, 3.63) is 52.6 Å². The summed E-state index contributed by atoms with van der Waals surface area (Å²) in [5.41, 5.74) is 1.37. The molecular weight excluding hydrogens is 356 g/mol. The van der Waals surface area contributed by atoms with Gasteiger partial charge in [-0.25, -0.2) is 14.6 Å². The first-order chi connectivity index (χ1) is 13.4. The number of carbonyl (C=O) groups is 1. The summed E-state index contributed by atoms with van der Waals surface area (Å²) >= 11 is 0. The van der Waals surface area contributed by atoms with Crippen molar-refractivity contribution >= 4 is 17.2 Å². The Hall–Kier alpha value is -3.03. The second-order valence-corrected chi connectivity index (χ2v) is 7.19. The Morgan fingerprint density at radius 1 is 1.32 bits per heavy atom. The molecule has 3 aromatic heterocycles. The van der Waals surface area contributed by atoms with E-state index < -0.39 is 0 Å². The molecule has 8 heteroatoms. The zero-order valence-corrected chi connectivity index (χ0v) is 16.8. The number of amides is 1. The van der Waals surface area contributed by atoms with Gasteiger partial charge in [-0.2, -0.15) is 5.10 Å². The second-order valence-electron chi connectivity index (χ2n) is 7.19. The van der Waals surface area contributed by atoms with E-state index in [1.54, 1.807) is 19.3 Å². The van der Waals surface area contributed by atoms with Crippen LogP contribution in [0.3, 0.4) is 0 Å². The minimum Gasteiger partial charge on any atom is -0.298 e. The summed E-state index contributed by atoms with van der Waals surface area (Å²) in [6.07, 6.45) is 7.67. The molecule has 0 saturated heterocycles. The number of aromatic nitrogens is 5. The molecule has 148 valence electrons. The predicted octanol–water partition coefficient (Wildman–Crippen LogP) is 2.42. The number of rotatable bonds is 7. The van der Waals surface area contributed by atoms with Crippen LogP contribution in [0.1, 0.15) is 50.9 Å². The first-order valence-electron chi connectivity index (χ1n) is 9.57. The first kappa shape index (κ1) is 19.7. The van der Waals surface area contributed by atoms with E-state index >= 15 is 0 Å². The van der Waals surface area contributed by atoms with Crippen LogP contribution in [0.4, 0.5) is 5.82 Å². The highest BCUT2D eigenvalue weighted by Crippen LogP contribution is 2.18. The van der Waals surface area contributed by atoms with E-state index in [0.29, 0.717) is 17.3 Å². The molecule has 0 unspecified atom stereocenters. The second kappa shape index (κ2) is 8.33. The van der Waals surface area contributed by atoms with E-state index in [-0.39, 0.29) is 18.0 Å². The molecule has 3 rings (SSSR count). The lowest BCUT2D eigenvalue weighted by atomic mass is 10.1. The zero-order valence-electron chi connectivity index (χ0n) is 16.8. The maximum absolute atomic E-state index is 13.0. The van der Waals surface area contributed by atoms with Crippen molar-refractivity contribution in [2.45, 2.75) is 52.5 Å². The van der Waals surface area contributed by atoms with Crippen LogP contribution in [0, 0.1) is 0 Å². The van der Waals surface area contributed by atoms with Crippen molar-refractivity contribution < 1.29 is 4.79 Å². The van der Waals surface area contributed by atoms with Crippen LogP contribution in [0.25, 0.3) is 5.52 Å². The van der Waals surface area contributed by atoms with Gasteiger partial charge in [0.15, 0.2) is 0 Å². The molecule has 0 spiro atoms. The van der Waals surface area contributed by atoms with Crippen molar-refractivity contribution in [2.24, 2.45) is 0 Å². The fraction of sp³-hybridized carbons (Fsp3) is 0.450. The highest BCUT2D eigenvalue weighted by Gasteiger charge is 2.18. The minimum absolute atomic E-state index is 0.142.